The molecule has 0 unspecified atom stereocenters. The topological polar surface area (TPSA) is 85.0 Å². The number of hydrogen-bond acceptors (Lipinski definition) is 7. The number of likely N-dealkylation sites (tertiary alicyclic amines) is 1. The van der Waals surface area contributed by atoms with Gasteiger partial charge in [0, 0.05) is 35.9 Å². The van der Waals surface area contributed by atoms with Crippen molar-refractivity contribution in [2.45, 2.75) is 31.8 Å². The largest absolute Gasteiger partial charge is 0.507 e. The van der Waals surface area contributed by atoms with Gasteiger partial charge in [0.2, 0.25) is 0 Å². The molecule has 2 aromatic heterocycles. The van der Waals surface area contributed by atoms with Crippen LogP contribution in [0.25, 0.3) is 22.1 Å². The fourth-order valence-corrected chi connectivity index (χ4v) is 4.93. The Morgan fingerprint density at radius 2 is 1.97 bits per heavy atom. The van der Waals surface area contributed by atoms with Crippen molar-refractivity contribution < 1.29 is 19.0 Å². The zero-order valence-electron chi connectivity index (χ0n) is 19.9. The zero-order valence-corrected chi connectivity index (χ0v) is 19.9. The summed E-state index contributed by atoms with van der Waals surface area (Å²) in [4.78, 5) is 19.8. The van der Waals surface area contributed by atoms with Gasteiger partial charge in [-0.25, -0.2) is 4.79 Å². The molecule has 4 aromatic rings. The summed E-state index contributed by atoms with van der Waals surface area (Å²) in [6.07, 6.45) is 6.90. The van der Waals surface area contributed by atoms with Crippen molar-refractivity contribution in [1.29, 1.82) is 0 Å². The summed E-state index contributed by atoms with van der Waals surface area (Å²) >= 11 is 0. The van der Waals surface area contributed by atoms with Gasteiger partial charge in [-0.2, -0.15) is 0 Å². The van der Waals surface area contributed by atoms with Gasteiger partial charge in [-0.15, -0.1) is 0 Å². The predicted molar refractivity (Wildman–Crippen MR) is 134 cm³/mol. The van der Waals surface area contributed by atoms with E-state index in [1.807, 2.05) is 12.3 Å². The van der Waals surface area contributed by atoms with Crippen LogP contribution in [-0.2, 0) is 6.54 Å². The maximum atomic E-state index is 13.2. The molecule has 0 aliphatic carbocycles. The summed E-state index contributed by atoms with van der Waals surface area (Å²) in [5.74, 6) is 1.27. The predicted octanol–water partition coefficient (Wildman–Crippen LogP) is 5.31. The van der Waals surface area contributed by atoms with Crippen LogP contribution in [0.3, 0.4) is 0 Å². The molecule has 180 valence electrons. The third kappa shape index (κ3) is 4.47. The number of ether oxygens (including phenoxy) is 2. The van der Waals surface area contributed by atoms with Crippen molar-refractivity contribution in [2.75, 3.05) is 20.8 Å². The van der Waals surface area contributed by atoms with Gasteiger partial charge >= 0.3 is 5.63 Å². The second-order valence-electron chi connectivity index (χ2n) is 8.76. The minimum Gasteiger partial charge on any atom is -0.507 e. The fourth-order valence-electron chi connectivity index (χ4n) is 4.93. The van der Waals surface area contributed by atoms with E-state index >= 15 is 0 Å². The van der Waals surface area contributed by atoms with Crippen LogP contribution in [0.5, 0.6) is 17.2 Å². The van der Waals surface area contributed by atoms with Gasteiger partial charge in [0.15, 0.2) is 0 Å². The highest BCUT2D eigenvalue weighted by atomic mass is 16.5. The highest BCUT2D eigenvalue weighted by Gasteiger charge is 2.26. The van der Waals surface area contributed by atoms with Crippen molar-refractivity contribution in [3.63, 3.8) is 0 Å². The lowest BCUT2D eigenvalue weighted by atomic mass is 9.95. The number of aromatic hydroxyl groups is 1. The fraction of sp³-hybridized carbons (Fsp3) is 0.286. The highest BCUT2D eigenvalue weighted by molar-refractivity contribution is 5.87. The number of piperidine rings is 1. The molecule has 0 radical (unpaired) electrons. The number of methoxy groups -OCH3 is 2. The number of rotatable bonds is 6. The zero-order chi connectivity index (χ0) is 24.4. The third-order valence-corrected chi connectivity index (χ3v) is 6.72. The number of aromatic nitrogens is 1. The first-order chi connectivity index (χ1) is 17.1. The molecular weight excluding hydrogens is 444 g/mol. The lowest BCUT2D eigenvalue weighted by Crippen LogP contribution is -2.33. The van der Waals surface area contributed by atoms with E-state index in [1.165, 1.54) is 0 Å². The van der Waals surface area contributed by atoms with Crippen LogP contribution in [0, 0.1) is 0 Å². The Bertz CT molecular complexity index is 1400. The van der Waals surface area contributed by atoms with Gasteiger partial charge in [0.25, 0.3) is 0 Å². The first-order valence-corrected chi connectivity index (χ1v) is 11.7. The summed E-state index contributed by atoms with van der Waals surface area (Å²) in [7, 11) is 3.13. The van der Waals surface area contributed by atoms with E-state index in [0.29, 0.717) is 40.3 Å². The quantitative estimate of drug-likeness (QED) is 0.381. The molecule has 7 nitrogen and oxygen atoms in total. The molecule has 1 saturated heterocycles. The van der Waals surface area contributed by atoms with E-state index in [2.05, 4.69) is 16.0 Å². The van der Waals surface area contributed by atoms with E-state index in [0.717, 1.165) is 36.8 Å². The van der Waals surface area contributed by atoms with Crippen molar-refractivity contribution in [3.8, 4) is 28.4 Å². The normalized spacial score (nSPS) is 16.3. The second-order valence-corrected chi connectivity index (χ2v) is 8.76. The molecular formula is C28H28N2O5. The maximum absolute atomic E-state index is 13.2. The Balaban J connectivity index is 1.57. The van der Waals surface area contributed by atoms with Crippen molar-refractivity contribution >= 4 is 11.0 Å². The van der Waals surface area contributed by atoms with Crippen molar-refractivity contribution in [3.05, 3.63) is 82.5 Å². The summed E-state index contributed by atoms with van der Waals surface area (Å²) in [5.41, 5.74) is 2.62. The highest BCUT2D eigenvalue weighted by Crippen LogP contribution is 2.37. The maximum Gasteiger partial charge on any atom is 0.344 e. The van der Waals surface area contributed by atoms with E-state index < -0.39 is 5.63 Å². The molecule has 7 heteroatoms. The first kappa shape index (κ1) is 22.9. The van der Waals surface area contributed by atoms with Gasteiger partial charge in [-0.3, -0.25) is 9.88 Å². The Kier molecular flexibility index (Phi) is 6.42. The number of pyridine rings is 1. The van der Waals surface area contributed by atoms with Gasteiger partial charge in [0.1, 0.15) is 22.8 Å². The smallest absolute Gasteiger partial charge is 0.344 e. The monoisotopic (exact) mass is 472 g/mol. The van der Waals surface area contributed by atoms with Crippen LogP contribution in [0.1, 0.15) is 36.4 Å². The number of hydrogen-bond donors (Lipinski definition) is 1. The number of phenols is 1. The molecule has 0 spiro atoms. The van der Waals surface area contributed by atoms with Crippen molar-refractivity contribution in [1.82, 2.24) is 9.88 Å². The Morgan fingerprint density at radius 1 is 1.09 bits per heavy atom. The molecule has 0 bridgehead atoms. The van der Waals surface area contributed by atoms with Gasteiger partial charge in [0.05, 0.1) is 25.3 Å². The van der Waals surface area contributed by atoms with Gasteiger partial charge in [-0.1, -0.05) is 12.5 Å². The summed E-state index contributed by atoms with van der Waals surface area (Å²) < 4.78 is 16.7. The average Bonchev–Trinajstić information content (AvgIpc) is 2.90. The number of nitrogens with zero attached hydrogens (tertiary/aromatic N) is 2. The molecule has 1 fully saturated rings. The van der Waals surface area contributed by atoms with E-state index in [9.17, 15) is 9.90 Å². The molecule has 35 heavy (non-hydrogen) atoms. The SMILES string of the molecule is COc1ccc(OC)c(-c2cc3ccc(O)c(CN4CCCC[C@H]4c4cccnc4)c3oc2=O)c1. The Hall–Kier alpha value is -3.84. The summed E-state index contributed by atoms with van der Waals surface area (Å²) in [6.45, 7) is 1.35. The van der Waals surface area contributed by atoms with Crippen LogP contribution >= 0.6 is 0 Å². The van der Waals surface area contributed by atoms with E-state index in [1.54, 1.807) is 56.8 Å². The molecule has 1 aliphatic rings. The van der Waals surface area contributed by atoms with Gasteiger partial charge in [-0.05, 0) is 67.4 Å². The van der Waals surface area contributed by atoms with Crippen LogP contribution in [0.2, 0.25) is 0 Å². The van der Waals surface area contributed by atoms with Crippen LogP contribution in [0.15, 0.2) is 70.1 Å². The second kappa shape index (κ2) is 9.80. The minimum absolute atomic E-state index is 0.114. The lowest BCUT2D eigenvalue weighted by Gasteiger charge is -2.36. The van der Waals surface area contributed by atoms with Gasteiger partial charge < -0.3 is 19.0 Å². The summed E-state index contributed by atoms with van der Waals surface area (Å²) in [6, 6.07) is 14.7. The molecule has 0 amide bonds. The molecule has 1 atom stereocenters. The number of benzene rings is 2. The molecule has 1 N–H and O–H groups in total. The molecule has 3 heterocycles. The Labute approximate surface area is 203 Å². The van der Waals surface area contributed by atoms with E-state index in [-0.39, 0.29) is 11.8 Å². The lowest BCUT2D eigenvalue weighted by molar-refractivity contribution is 0.139. The average molecular weight is 473 g/mol. The van der Waals surface area contributed by atoms with Crippen molar-refractivity contribution in [2.24, 2.45) is 0 Å². The standard InChI is InChI=1S/C28H28N2O5/c1-33-20-9-11-26(34-2)21(15-20)22-14-18-8-10-25(31)23(27(18)35-28(22)32)17-30-13-4-3-7-24(30)19-6-5-12-29-16-19/h5-6,8-12,14-16,24,31H,3-4,7,13,17H2,1-2H3/t24-/m0/s1. The summed E-state index contributed by atoms with van der Waals surface area (Å²) in [5, 5.41) is 11.5. The molecule has 1 aliphatic heterocycles. The van der Waals surface area contributed by atoms with E-state index in [4.69, 9.17) is 13.9 Å². The third-order valence-electron chi connectivity index (χ3n) is 6.72. The molecule has 5 rings (SSSR count). The van der Waals surface area contributed by atoms with Crippen LogP contribution in [0.4, 0.5) is 0 Å². The molecule has 0 saturated carbocycles. The van der Waals surface area contributed by atoms with Crippen LogP contribution < -0.4 is 15.1 Å². The minimum atomic E-state index is -0.502. The Morgan fingerprint density at radius 3 is 2.74 bits per heavy atom. The first-order valence-electron chi connectivity index (χ1n) is 11.7. The number of fused-ring (bicyclic) bond motifs is 1. The van der Waals surface area contributed by atoms with Crippen LogP contribution in [-0.4, -0.2) is 35.8 Å². The number of phenolic OH excluding ortho intramolecular Hbond substituents is 1. The molecule has 2 aromatic carbocycles.